The summed E-state index contributed by atoms with van der Waals surface area (Å²) in [5.41, 5.74) is 0.338. The summed E-state index contributed by atoms with van der Waals surface area (Å²) in [6.07, 6.45) is 5.13. The van der Waals surface area contributed by atoms with Crippen LogP contribution in [0, 0.1) is 5.82 Å². The molecular weight excluding hydrogens is 309 g/mol. The van der Waals surface area contributed by atoms with Crippen molar-refractivity contribution >= 4 is 17.3 Å². The summed E-state index contributed by atoms with van der Waals surface area (Å²) in [4.78, 5) is 12.5. The minimum absolute atomic E-state index is 0.110. The molecule has 3 N–H and O–H groups in total. The van der Waals surface area contributed by atoms with E-state index in [-0.39, 0.29) is 17.8 Å². The molecule has 2 aliphatic rings. The second-order valence-electron chi connectivity index (χ2n) is 6.88. The van der Waals surface area contributed by atoms with Crippen LogP contribution in [0.1, 0.15) is 39.0 Å². The first kappa shape index (κ1) is 17.2. The highest BCUT2D eigenvalue weighted by atomic mass is 19.1. The first-order valence-electron chi connectivity index (χ1n) is 8.78. The van der Waals surface area contributed by atoms with Crippen LogP contribution in [0.4, 0.5) is 15.8 Å². The van der Waals surface area contributed by atoms with Crippen molar-refractivity contribution in [1.82, 2.24) is 5.32 Å². The number of hydrogen-bond donors (Lipinski definition) is 3. The van der Waals surface area contributed by atoms with E-state index in [0.717, 1.165) is 45.3 Å². The predicted octanol–water partition coefficient (Wildman–Crippen LogP) is 2.89. The van der Waals surface area contributed by atoms with Gasteiger partial charge in [-0.2, -0.15) is 0 Å². The number of ether oxygens (including phenoxy) is 1. The summed E-state index contributed by atoms with van der Waals surface area (Å²) in [5, 5.41) is 9.17. The highest BCUT2D eigenvalue weighted by Crippen LogP contribution is 2.24. The molecule has 0 bridgehead atoms. The monoisotopic (exact) mass is 335 g/mol. The van der Waals surface area contributed by atoms with E-state index in [1.165, 1.54) is 6.07 Å². The minimum atomic E-state index is -0.578. The Labute approximate surface area is 142 Å². The van der Waals surface area contributed by atoms with Gasteiger partial charge in [0.2, 0.25) is 5.91 Å². The zero-order chi connectivity index (χ0) is 17.0. The first-order valence-corrected chi connectivity index (χ1v) is 8.78. The summed E-state index contributed by atoms with van der Waals surface area (Å²) in [6.45, 7) is 4.12. The molecule has 6 heteroatoms. The average molecular weight is 335 g/mol. The molecule has 1 aromatic rings. The van der Waals surface area contributed by atoms with Crippen LogP contribution in [0.15, 0.2) is 18.2 Å². The van der Waals surface area contributed by atoms with Crippen molar-refractivity contribution in [3.8, 4) is 0 Å². The fourth-order valence-electron chi connectivity index (χ4n) is 3.28. The molecule has 2 saturated heterocycles. The van der Waals surface area contributed by atoms with Gasteiger partial charge in [0.15, 0.2) is 0 Å². The number of carbonyl (C=O) groups excluding carboxylic acids is 1. The predicted molar refractivity (Wildman–Crippen MR) is 92.8 cm³/mol. The normalized spacial score (nSPS) is 27.0. The fourth-order valence-corrected chi connectivity index (χ4v) is 3.28. The molecule has 2 unspecified atom stereocenters. The van der Waals surface area contributed by atoms with Crippen molar-refractivity contribution < 1.29 is 13.9 Å². The van der Waals surface area contributed by atoms with Gasteiger partial charge in [-0.25, -0.2) is 4.39 Å². The van der Waals surface area contributed by atoms with Gasteiger partial charge >= 0.3 is 0 Å². The number of halogens is 1. The quantitative estimate of drug-likeness (QED) is 0.774. The first-order chi connectivity index (χ1) is 11.6. The molecule has 5 nitrogen and oxygen atoms in total. The number of hydrogen-bond acceptors (Lipinski definition) is 4. The molecule has 0 saturated carbocycles. The number of anilines is 2. The van der Waals surface area contributed by atoms with E-state index >= 15 is 0 Å². The van der Waals surface area contributed by atoms with Crippen molar-refractivity contribution in [2.75, 3.05) is 30.3 Å². The summed E-state index contributed by atoms with van der Waals surface area (Å²) in [7, 11) is 0. The third kappa shape index (κ3) is 4.05. The van der Waals surface area contributed by atoms with Gasteiger partial charge in [-0.05, 0) is 63.8 Å². The number of rotatable bonds is 5. The van der Waals surface area contributed by atoms with Crippen LogP contribution in [0.25, 0.3) is 0 Å². The van der Waals surface area contributed by atoms with E-state index in [9.17, 15) is 9.18 Å². The van der Waals surface area contributed by atoms with Crippen molar-refractivity contribution in [1.29, 1.82) is 0 Å². The lowest BCUT2D eigenvalue weighted by Gasteiger charge is -2.33. The van der Waals surface area contributed by atoms with E-state index in [2.05, 4.69) is 16.0 Å². The molecule has 0 aliphatic carbocycles. The lowest BCUT2D eigenvalue weighted by atomic mass is 9.90. The molecule has 2 atom stereocenters. The molecular formula is C18H26FN3O2. The summed E-state index contributed by atoms with van der Waals surface area (Å²) >= 11 is 0. The molecule has 1 aromatic carbocycles. The SMILES string of the molecule is CC1(C(=O)Nc2ccc(NCC3CCCO3)c(F)c2)CCCCN1. The van der Waals surface area contributed by atoms with Crippen LogP contribution in [-0.4, -0.2) is 37.2 Å². The Morgan fingerprint density at radius 2 is 2.29 bits per heavy atom. The fraction of sp³-hybridized carbons (Fsp3) is 0.611. The van der Waals surface area contributed by atoms with Crippen LogP contribution < -0.4 is 16.0 Å². The Bertz CT molecular complexity index is 582. The van der Waals surface area contributed by atoms with E-state index in [4.69, 9.17) is 4.74 Å². The maximum absolute atomic E-state index is 14.2. The van der Waals surface area contributed by atoms with Gasteiger partial charge < -0.3 is 20.7 Å². The number of amides is 1. The summed E-state index contributed by atoms with van der Waals surface area (Å²) in [5.74, 6) is -0.478. The van der Waals surface area contributed by atoms with E-state index in [1.54, 1.807) is 12.1 Å². The van der Waals surface area contributed by atoms with Gasteiger partial charge in [-0.15, -0.1) is 0 Å². The minimum Gasteiger partial charge on any atom is -0.380 e. The second kappa shape index (κ2) is 7.49. The summed E-state index contributed by atoms with van der Waals surface area (Å²) in [6, 6.07) is 4.75. The number of nitrogens with one attached hydrogen (secondary N) is 3. The Hall–Kier alpha value is -1.66. The topological polar surface area (TPSA) is 62.4 Å². The standard InChI is InChI=1S/C18H26FN3O2/c1-18(8-2-3-9-21-18)17(23)22-13-6-7-16(15(19)11-13)20-12-14-5-4-10-24-14/h6-7,11,14,20-21H,2-5,8-10,12H2,1H3,(H,22,23). The largest absolute Gasteiger partial charge is 0.380 e. The smallest absolute Gasteiger partial charge is 0.244 e. The number of piperidine rings is 1. The third-order valence-electron chi connectivity index (χ3n) is 4.89. The van der Waals surface area contributed by atoms with Crippen LogP contribution in [0.2, 0.25) is 0 Å². The Balaban J connectivity index is 1.58. The van der Waals surface area contributed by atoms with Gasteiger partial charge in [0.1, 0.15) is 5.82 Å². The molecule has 132 valence electrons. The van der Waals surface area contributed by atoms with E-state index < -0.39 is 5.54 Å². The van der Waals surface area contributed by atoms with Crippen molar-refractivity contribution in [2.24, 2.45) is 0 Å². The highest BCUT2D eigenvalue weighted by molar-refractivity contribution is 5.98. The lowest BCUT2D eigenvalue weighted by molar-refractivity contribution is -0.122. The molecule has 0 spiro atoms. The molecule has 2 aliphatic heterocycles. The Morgan fingerprint density at radius 3 is 2.96 bits per heavy atom. The van der Waals surface area contributed by atoms with Gasteiger partial charge in [-0.3, -0.25) is 4.79 Å². The third-order valence-corrected chi connectivity index (χ3v) is 4.89. The van der Waals surface area contributed by atoms with Crippen LogP contribution in [0.5, 0.6) is 0 Å². The van der Waals surface area contributed by atoms with Crippen molar-refractivity contribution in [2.45, 2.75) is 50.7 Å². The van der Waals surface area contributed by atoms with Gasteiger partial charge in [0.05, 0.1) is 17.3 Å². The van der Waals surface area contributed by atoms with Crippen LogP contribution in [0.3, 0.4) is 0 Å². The van der Waals surface area contributed by atoms with Crippen molar-refractivity contribution in [3.05, 3.63) is 24.0 Å². The molecule has 2 heterocycles. The molecule has 0 radical (unpaired) electrons. The number of carbonyl (C=O) groups is 1. The number of benzene rings is 1. The van der Waals surface area contributed by atoms with E-state index in [0.29, 0.717) is 17.9 Å². The molecule has 2 fully saturated rings. The maximum Gasteiger partial charge on any atom is 0.244 e. The van der Waals surface area contributed by atoms with Gasteiger partial charge in [0.25, 0.3) is 0 Å². The zero-order valence-corrected chi connectivity index (χ0v) is 14.2. The van der Waals surface area contributed by atoms with Gasteiger partial charge in [-0.1, -0.05) is 0 Å². The molecule has 24 heavy (non-hydrogen) atoms. The average Bonchev–Trinajstić information content (AvgIpc) is 3.08. The maximum atomic E-state index is 14.2. The van der Waals surface area contributed by atoms with Crippen LogP contribution >= 0.6 is 0 Å². The molecule has 0 aromatic heterocycles. The lowest BCUT2D eigenvalue weighted by Crippen LogP contribution is -2.54. The van der Waals surface area contributed by atoms with E-state index in [1.807, 2.05) is 6.92 Å². The molecule has 3 rings (SSSR count). The van der Waals surface area contributed by atoms with Crippen molar-refractivity contribution in [3.63, 3.8) is 0 Å². The molecule has 1 amide bonds. The zero-order valence-electron chi connectivity index (χ0n) is 14.2. The Morgan fingerprint density at radius 1 is 1.42 bits per heavy atom. The Kier molecular flexibility index (Phi) is 5.36. The summed E-state index contributed by atoms with van der Waals surface area (Å²) < 4.78 is 19.8. The van der Waals surface area contributed by atoms with Crippen LogP contribution in [-0.2, 0) is 9.53 Å². The van der Waals surface area contributed by atoms with Gasteiger partial charge in [0, 0.05) is 18.8 Å². The highest BCUT2D eigenvalue weighted by Gasteiger charge is 2.34. The second-order valence-corrected chi connectivity index (χ2v) is 6.88.